The summed E-state index contributed by atoms with van der Waals surface area (Å²) in [6.07, 6.45) is 0. The Morgan fingerprint density at radius 2 is 2.43 bits per heavy atom. The lowest BCUT2D eigenvalue weighted by molar-refractivity contribution is -0.00000132. The lowest BCUT2D eigenvalue weighted by Gasteiger charge is -1.78. The highest BCUT2D eigenvalue weighted by atomic mass is 79.9. The van der Waals surface area contributed by atoms with Crippen molar-refractivity contribution >= 4 is 16.9 Å². The molecular weight excluding hydrogens is 176 g/mol. The van der Waals surface area contributed by atoms with E-state index in [4.69, 9.17) is 5.73 Å². The fourth-order valence-corrected chi connectivity index (χ4v) is 0.926. The fraction of sp³-hybridized carbons (Fsp3) is 0.667. The highest BCUT2D eigenvalue weighted by Gasteiger charge is 1.98. The molecule has 1 aliphatic rings. The van der Waals surface area contributed by atoms with E-state index in [2.05, 4.69) is 4.99 Å². The molecule has 2 nitrogen and oxygen atoms in total. The van der Waals surface area contributed by atoms with Crippen LogP contribution in [0.5, 0.6) is 0 Å². The number of thioether (sulfide) groups is 1. The quantitative estimate of drug-likeness (QED) is 0.435. The van der Waals surface area contributed by atoms with Crippen LogP contribution in [-0.4, -0.2) is 17.5 Å². The Morgan fingerprint density at radius 1 is 1.71 bits per heavy atom. The smallest absolute Gasteiger partial charge is 0.153 e. The summed E-state index contributed by atoms with van der Waals surface area (Å²) >= 11 is 1.62. The van der Waals surface area contributed by atoms with Gasteiger partial charge in [-0.1, -0.05) is 11.8 Å². The largest absolute Gasteiger partial charge is 1.00 e. The first-order valence-electron chi connectivity index (χ1n) is 1.82. The molecule has 4 heteroatoms. The van der Waals surface area contributed by atoms with Gasteiger partial charge in [0.2, 0.25) is 0 Å². The van der Waals surface area contributed by atoms with Crippen molar-refractivity contribution in [2.45, 2.75) is 0 Å². The molecule has 0 radical (unpaired) electrons. The van der Waals surface area contributed by atoms with E-state index in [-0.39, 0.29) is 17.0 Å². The van der Waals surface area contributed by atoms with Gasteiger partial charge in [0.15, 0.2) is 5.17 Å². The third-order valence-electron chi connectivity index (χ3n) is 0.609. The Morgan fingerprint density at radius 3 is 2.57 bits per heavy atom. The molecule has 0 aromatic heterocycles. The highest BCUT2D eigenvalue weighted by Crippen LogP contribution is 2.05. The van der Waals surface area contributed by atoms with Crippen LogP contribution in [0.3, 0.4) is 0 Å². The predicted octanol–water partition coefficient (Wildman–Crippen LogP) is -2.95. The van der Waals surface area contributed by atoms with Crippen LogP contribution in [-0.2, 0) is 0 Å². The van der Waals surface area contributed by atoms with Crippen LogP contribution in [0, 0.1) is 0 Å². The number of rotatable bonds is 0. The van der Waals surface area contributed by atoms with E-state index in [9.17, 15) is 0 Å². The normalized spacial score (nSPS) is 18.0. The summed E-state index contributed by atoms with van der Waals surface area (Å²) < 4.78 is 0. The third kappa shape index (κ3) is 2.19. The van der Waals surface area contributed by atoms with Crippen LogP contribution < -0.4 is 22.7 Å². The summed E-state index contributed by atoms with van der Waals surface area (Å²) in [6, 6.07) is 0. The number of nitrogens with two attached hydrogens (primary N) is 1. The lowest BCUT2D eigenvalue weighted by atomic mass is 10.8. The standard InChI is InChI=1S/C3H6N2S.BrH/c4-3-5-1-2-6-3;/h1-2H2,(H2,4,5);1H/p-1. The zero-order valence-corrected chi connectivity index (χ0v) is 6.13. The van der Waals surface area contributed by atoms with Gasteiger partial charge in [-0.15, -0.1) is 0 Å². The number of nitrogens with zero attached hydrogens (tertiary/aromatic N) is 1. The maximum atomic E-state index is 5.25. The van der Waals surface area contributed by atoms with E-state index in [1.54, 1.807) is 11.8 Å². The van der Waals surface area contributed by atoms with E-state index in [1.165, 1.54) is 0 Å². The Bertz CT molecular complexity index is 83.0. The molecule has 0 bridgehead atoms. The predicted molar refractivity (Wildman–Crippen MR) is 28.9 cm³/mol. The number of hydrogen-bond donors (Lipinski definition) is 1. The zero-order chi connectivity index (χ0) is 4.41. The molecule has 0 aromatic rings. The molecule has 2 N–H and O–H groups in total. The molecular formula is C3H6BrN2S-. The van der Waals surface area contributed by atoms with Crippen molar-refractivity contribution in [3.63, 3.8) is 0 Å². The van der Waals surface area contributed by atoms with Gasteiger partial charge in [-0.3, -0.25) is 4.99 Å². The van der Waals surface area contributed by atoms with E-state index in [0.29, 0.717) is 0 Å². The topological polar surface area (TPSA) is 38.4 Å². The van der Waals surface area contributed by atoms with Crippen LogP contribution in [0.25, 0.3) is 0 Å². The minimum Gasteiger partial charge on any atom is -1.00 e. The SMILES string of the molecule is NC1=NCCS1.[Br-]. The van der Waals surface area contributed by atoms with Gasteiger partial charge < -0.3 is 22.7 Å². The summed E-state index contributed by atoms with van der Waals surface area (Å²) in [4.78, 5) is 3.89. The van der Waals surface area contributed by atoms with Crippen molar-refractivity contribution in [3.05, 3.63) is 0 Å². The number of hydrogen-bond acceptors (Lipinski definition) is 3. The summed E-state index contributed by atoms with van der Waals surface area (Å²) in [5.74, 6) is 1.08. The second kappa shape index (κ2) is 3.32. The number of halogens is 1. The summed E-state index contributed by atoms with van der Waals surface area (Å²) in [5.41, 5.74) is 5.25. The van der Waals surface area contributed by atoms with Crippen LogP contribution in [0.15, 0.2) is 4.99 Å². The van der Waals surface area contributed by atoms with Gasteiger partial charge in [-0.25, -0.2) is 0 Å². The molecule has 0 unspecified atom stereocenters. The number of amidine groups is 1. The first-order valence-corrected chi connectivity index (χ1v) is 2.81. The summed E-state index contributed by atoms with van der Waals surface area (Å²) in [6.45, 7) is 0.913. The van der Waals surface area contributed by atoms with Gasteiger partial charge in [-0.2, -0.15) is 0 Å². The average molecular weight is 182 g/mol. The van der Waals surface area contributed by atoms with Crippen molar-refractivity contribution in [1.82, 2.24) is 0 Å². The van der Waals surface area contributed by atoms with Gasteiger partial charge in [0.1, 0.15) is 0 Å². The van der Waals surface area contributed by atoms with Crippen LogP contribution in [0.4, 0.5) is 0 Å². The van der Waals surface area contributed by atoms with Crippen molar-refractivity contribution in [1.29, 1.82) is 0 Å². The molecule has 1 rings (SSSR count). The lowest BCUT2D eigenvalue weighted by Crippen LogP contribution is -3.00. The minimum absolute atomic E-state index is 0. The molecule has 1 aliphatic heterocycles. The molecule has 0 atom stereocenters. The van der Waals surface area contributed by atoms with E-state index < -0.39 is 0 Å². The zero-order valence-electron chi connectivity index (χ0n) is 3.72. The Balaban J connectivity index is 0.000000360. The maximum Gasteiger partial charge on any atom is 0.153 e. The fourth-order valence-electron chi connectivity index (χ4n) is 0.352. The summed E-state index contributed by atoms with van der Waals surface area (Å²) in [7, 11) is 0. The molecule has 1 heterocycles. The third-order valence-corrected chi connectivity index (χ3v) is 1.42. The molecule has 42 valence electrons. The van der Waals surface area contributed by atoms with E-state index in [0.717, 1.165) is 17.5 Å². The second-order valence-corrected chi connectivity index (χ2v) is 2.18. The van der Waals surface area contributed by atoms with Gasteiger partial charge in [-0.05, 0) is 0 Å². The van der Waals surface area contributed by atoms with Crippen LogP contribution in [0.2, 0.25) is 0 Å². The molecule has 0 amide bonds. The van der Waals surface area contributed by atoms with Gasteiger partial charge in [0, 0.05) is 5.75 Å². The maximum absolute atomic E-state index is 5.25. The van der Waals surface area contributed by atoms with Crippen LogP contribution >= 0.6 is 11.8 Å². The first kappa shape index (κ1) is 7.30. The molecule has 0 fully saturated rings. The van der Waals surface area contributed by atoms with Crippen molar-refractivity contribution in [2.24, 2.45) is 10.7 Å². The Labute approximate surface area is 57.3 Å². The van der Waals surface area contributed by atoms with Crippen molar-refractivity contribution in [3.8, 4) is 0 Å². The minimum atomic E-state index is 0. The molecule has 0 spiro atoms. The molecule has 0 aliphatic carbocycles. The van der Waals surface area contributed by atoms with E-state index >= 15 is 0 Å². The van der Waals surface area contributed by atoms with Gasteiger partial charge in [0.05, 0.1) is 6.54 Å². The molecule has 0 aromatic carbocycles. The Hall–Kier alpha value is 0.300. The average Bonchev–Trinajstić information content (AvgIpc) is 1.86. The monoisotopic (exact) mass is 181 g/mol. The van der Waals surface area contributed by atoms with Gasteiger partial charge in [0.25, 0.3) is 0 Å². The molecule has 7 heavy (non-hydrogen) atoms. The van der Waals surface area contributed by atoms with E-state index in [1.807, 2.05) is 0 Å². The van der Waals surface area contributed by atoms with Crippen LogP contribution in [0.1, 0.15) is 0 Å². The number of aliphatic imine (C=N–C) groups is 1. The van der Waals surface area contributed by atoms with Gasteiger partial charge >= 0.3 is 0 Å². The summed E-state index contributed by atoms with van der Waals surface area (Å²) in [5, 5.41) is 0.745. The Kier molecular flexibility index (Phi) is 3.46. The molecule has 0 saturated heterocycles. The van der Waals surface area contributed by atoms with Crippen molar-refractivity contribution in [2.75, 3.05) is 12.3 Å². The van der Waals surface area contributed by atoms with Crippen molar-refractivity contribution < 1.29 is 17.0 Å². The first-order chi connectivity index (χ1) is 2.89. The second-order valence-electron chi connectivity index (χ2n) is 1.07. The highest BCUT2D eigenvalue weighted by molar-refractivity contribution is 8.14. The molecule has 0 saturated carbocycles.